The lowest BCUT2D eigenvalue weighted by atomic mass is 10.0. The lowest BCUT2D eigenvalue weighted by molar-refractivity contribution is -0.137. The van der Waals surface area contributed by atoms with Crippen LogP contribution in [0.15, 0.2) is 90.1 Å². The lowest BCUT2D eigenvalue weighted by Crippen LogP contribution is -2.41. The Kier molecular flexibility index (Phi) is 9.79. The molecular weight excluding hydrogens is 542 g/mol. The number of nitrogens with zero attached hydrogens (tertiary/aromatic N) is 4. The van der Waals surface area contributed by atoms with Crippen molar-refractivity contribution < 1.29 is 9.59 Å². The van der Waals surface area contributed by atoms with Crippen molar-refractivity contribution in [2.75, 3.05) is 30.1 Å². The standard InChI is InChI=1S/C31H32ClN5O2S/c1-21-18-22(2)34-31(33-21)40-20-28(38)37(19-23-8-6-5-7-9-23)29(24-10-12-25(32)13-11-24)30(39)35-26-14-16-27(17-15-26)36(3)4/h5-18,29H,19-20H2,1-4H3,(H,35,39)/t29-/m0/s1. The predicted molar refractivity (Wildman–Crippen MR) is 163 cm³/mol. The van der Waals surface area contributed by atoms with Crippen LogP contribution in [0.5, 0.6) is 0 Å². The monoisotopic (exact) mass is 573 g/mol. The average molecular weight is 574 g/mol. The third-order valence-electron chi connectivity index (χ3n) is 6.20. The van der Waals surface area contributed by atoms with Crippen molar-refractivity contribution in [1.82, 2.24) is 14.9 Å². The number of nitrogens with one attached hydrogen (secondary N) is 1. The summed E-state index contributed by atoms with van der Waals surface area (Å²) in [5.41, 5.74) is 4.89. The summed E-state index contributed by atoms with van der Waals surface area (Å²) in [5.74, 6) is -0.462. The zero-order valence-electron chi connectivity index (χ0n) is 23.0. The summed E-state index contributed by atoms with van der Waals surface area (Å²) < 4.78 is 0. The average Bonchev–Trinajstić information content (AvgIpc) is 2.93. The highest BCUT2D eigenvalue weighted by atomic mass is 35.5. The van der Waals surface area contributed by atoms with Crippen LogP contribution in [-0.4, -0.2) is 46.5 Å². The zero-order valence-corrected chi connectivity index (χ0v) is 24.5. The molecule has 0 aliphatic rings. The number of anilines is 2. The van der Waals surface area contributed by atoms with E-state index in [1.807, 2.05) is 93.5 Å². The van der Waals surface area contributed by atoms with E-state index in [-0.39, 0.29) is 24.1 Å². The van der Waals surface area contributed by atoms with Gasteiger partial charge < -0.3 is 15.1 Å². The first-order valence-corrected chi connectivity index (χ1v) is 14.2. The Morgan fingerprint density at radius 3 is 2.12 bits per heavy atom. The highest BCUT2D eigenvalue weighted by Crippen LogP contribution is 2.28. The minimum absolute atomic E-state index is 0.0740. The number of halogens is 1. The van der Waals surface area contributed by atoms with E-state index in [0.717, 1.165) is 22.6 Å². The van der Waals surface area contributed by atoms with E-state index in [1.54, 1.807) is 29.2 Å². The van der Waals surface area contributed by atoms with E-state index >= 15 is 0 Å². The highest BCUT2D eigenvalue weighted by Gasteiger charge is 2.32. The number of aryl methyl sites for hydroxylation is 2. The molecule has 0 saturated heterocycles. The minimum atomic E-state index is -0.903. The van der Waals surface area contributed by atoms with Crippen LogP contribution in [0.25, 0.3) is 0 Å². The predicted octanol–water partition coefficient (Wildman–Crippen LogP) is 6.31. The van der Waals surface area contributed by atoms with Crippen molar-refractivity contribution in [2.24, 2.45) is 0 Å². The summed E-state index contributed by atoms with van der Waals surface area (Å²) in [6.45, 7) is 4.04. The fourth-order valence-corrected chi connectivity index (χ4v) is 5.20. The van der Waals surface area contributed by atoms with E-state index in [0.29, 0.717) is 21.4 Å². The second kappa shape index (κ2) is 13.5. The molecule has 7 nitrogen and oxygen atoms in total. The first-order valence-electron chi connectivity index (χ1n) is 12.8. The summed E-state index contributed by atoms with van der Waals surface area (Å²) in [5, 5.41) is 4.09. The molecule has 40 heavy (non-hydrogen) atoms. The minimum Gasteiger partial charge on any atom is -0.378 e. The van der Waals surface area contributed by atoms with E-state index < -0.39 is 6.04 Å². The van der Waals surface area contributed by atoms with Crippen LogP contribution >= 0.6 is 23.4 Å². The second-order valence-corrected chi connectivity index (χ2v) is 11.0. The molecular formula is C31H32ClN5O2S. The molecule has 0 unspecified atom stereocenters. The van der Waals surface area contributed by atoms with Crippen molar-refractivity contribution in [2.45, 2.75) is 31.6 Å². The summed E-state index contributed by atoms with van der Waals surface area (Å²) >= 11 is 7.44. The normalized spacial score (nSPS) is 11.5. The molecule has 0 saturated carbocycles. The number of hydrogen-bond donors (Lipinski definition) is 1. The van der Waals surface area contributed by atoms with Gasteiger partial charge in [0.1, 0.15) is 6.04 Å². The largest absolute Gasteiger partial charge is 0.378 e. The highest BCUT2D eigenvalue weighted by molar-refractivity contribution is 7.99. The summed E-state index contributed by atoms with van der Waals surface area (Å²) in [6, 6.07) is 25.2. The molecule has 0 aliphatic carbocycles. The zero-order chi connectivity index (χ0) is 28.6. The summed E-state index contributed by atoms with van der Waals surface area (Å²) in [6.07, 6.45) is 0. The molecule has 0 radical (unpaired) electrons. The number of thioether (sulfide) groups is 1. The van der Waals surface area contributed by atoms with E-state index in [4.69, 9.17) is 11.6 Å². The summed E-state index contributed by atoms with van der Waals surface area (Å²) in [4.78, 5) is 40.3. The number of rotatable bonds is 10. The molecule has 206 valence electrons. The van der Waals surface area contributed by atoms with Crippen molar-refractivity contribution in [3.05, 3.63) is 112 Å². The van der Waals surface area contributed by atoms with Gasteiger partial charge in [0, 0.05) is 48.4 Å². The first kappa shape index (κ1) is 29.1. The molecule has 0 aliphatic heterocycles. The SMILES string of the molecule is Cc1cc(C)nc(SCC(=O)N(Cc2ccccc2)[C@H](C(=O)Nc2ccc(N(C)C)cc2)c2ccc(Cl)cc2)n1. The van der Waals surface area contributed by atoms with Crippen molar-refractivity contribution in [3.8, 4) is 0 Å². The van der Waals surface area contributed by atoms with Gasteiger partial charge in [-0.15, -0.1) is 0 Å². The molecule has 1 aromatic heterocycles. The van der Waals surface area contributed by atoms with Gasteiger partial charge in [0.05, 0.1) is 5.75 Å². The number of benzene rings is 3. The Balaban J connectivity index is 1.67. The lowest BCUT2D eigenvalue weighted by Gasteiger charge is -2.31. The fourth-order valence-electron chi connectivity index (χ4n) is 4.24. The van der Waals surface area contributed by atoms with E-state index in [2.05, 4.69) is 15.3 Å². The van der Waals surface area contributed by atoms with Crippen molar-refractivity contribution in [3.63, 3.8) is 0 Å². The molecule has 4 rings (SSSR count). The van der Waals surface area contributed by atoms with Crippen LogP contribution in [0, 0.1) is 13.8 Å². The molecule has 1 atom stereocenters. The van der Waals surface area contributed by atoms with Gasteiger partial charge >= 0.3 is 0 Å². The van der Waals surface area contributed by atoms with Crippen LogP contribution in [0.3, 0.4) is 0 Å². The maximum Gasteiger partial charge on any atom is 0.251 e. The van der Waals surface area contributed by atoms with Gasteiger partial charge in [-0.25, -0.2) is 9.97 Å². The first-order chi connectivity index (χ1) is 19.2. The molecule has 0 spiro atoms. The Labute approximate surface area is 244 Å². The number of carbonyl (C=O) groups excluding carboxylic acids is 2. The third kappa shape index (κ3) is 7.83. The van der Waals surface area contributed by atoms with Crippen molar-refractivity contribution >= 4 is 46.6 Å². The maximum absolute atomic E-state index is 13.9. The van der Waals surface area contributed by atoms with Gasteiger partial charge in [0.25, 0.3) is 5.91 Å². The number of carbonyl (C=O) groups is 2. The van der Waals surface area contributed by atoms with E-state index in [9.17, 15) is 9.59 Å². The molecule has 1 N–H and O–H groups in total. The smallest absolute Gasteiger partial charge is 0.251 e. The fraction of sp³-hybridized carbons (Fsp3) is 0.226. The topological polar surface area (TPSA) is 78.4 Å². The number of hydrogen-bond acceptors (Lipinski definition) is 6. The van der Waals surface area contributed by atoms with E-state index in [1.165, 1.54) is 11.8 Å². The molecule has 3 aromatic carbocycles. The molecule has 9 heteroatoms. The molecule has 0 fully saturated rings. The van der Waals surface area contributed by atoms with Crippen LogP contribution < -0.4 is 10.2 Å². The van der Waals surface area contributed by atoms with Crippen LogP contribution in [0.4, 0.5) is 11.4 Å². The number of aromatic nitrogens is 2. The Hall–Kier alpha value is -3.88. The molecule has 1 heterocycles. The summed E-state index contributed by atoms with van der Waals surface area (Å²) in [7, 11) is 3.91. The maximum atomic E-state index is 13.9. The third-order valence-corrected chi connectivity index (χ3v) is 7.28. The number of amides is 2. The van der Waals surface area contributed by atoms with Gasteiger partial charge in [-0.05, 0) is 67.4 Å². The second-order valence-electron chi connectivity index (χ2n) is 9.61. The quantitative estimate of drug-likeness (QED) is 0.177. The van der Waals surface area contributed by atoms with Gasteiger partial charge in [-0.3, -0.25) is 9.59 Å². The van der Waals surface area contributed by atoms with Gasteiger partial charge in [0.15, 0.2) is 5.16 Å². The Bertz CT molecular complexity index is 1430. The van der Waals surface area contributed by atoms with Gasteiger partial charge in [-0.2, -0.15) is 0 Å². The molecule has 4 aromatic rings. The molecule has 2 amide bonds. The van der Waals surface area contributed by atoms with Crippen molar-refractivity contribution in [1.29, 1.82) is 0 Å². The van der Waals surface area contributed by atoms with Gasteiger partial charge in [0.2, 0.25) is 5.91 Å². The van der Waals surface area contributed by atoms with Crippen LogP contribution in [0.2, 0.25) is 5.02 Å². The van der Waals surface area contributed by atoms with Crippen LogP contribution in [-0.2, 0) is 16.1 Å². The molecule has 0 bridgehead atoms. The van der Waals surface area contributed by atoms with Crippen LogP contribution in [0.1, 0.15) is 28.6 Å². The Morgan fingerprint density at radius 2 is 1.52 bits per heavy atom. The van der Waals surface area contributed by atoms with Gasteiger partial charge in [-0.1, -0.05) is 65.8 Å². The Morgan fingerprint density at radius 1 is 0.900 bits per heavy atom.